The fourth-order valence-corrected chi connectivity index (χ4v) is 2.14. The quantitative estimate of drug-likeness (QED) is 0.180. The summed E-state index contributed by atoms with van der Waals surface area (Å²) in [4.78, 5) is 33.3. The summed E-state index contributed by atoms with van der Waals surface area (Å²) in [5.74, 6) is 8.90. The maximum absolute atomic E-state index is 11.5. The van der Waals surface area contributed by atoms with Crippen LogP contribution in [0.3, 0.4) is 0 Å². The Morgan fingerprint density at radius 1 is 1.13 bits per heavy atom. The first kappa shape index (κ1) is 16.1. The van der Waals surface area contributed by atoms with Gasteiger partial charge in [-0.15, -0.1) is 0 Å². The Morgan fingerprint density at radius 3 is 2.13 bits per heavy atom. The van der Waals surface area contributed by atoms with E-state index in [1.165, 1.54) is 27.3 Å². The number of nitrogens with zero attached hydrogens (tertiary/aromatic N) is 3. The molecule has 122 valence electrons. The van der Waals surface area contributed by atoms with E-state index in [9.17, 15) is 19.7 Å². The highest BCUT2D eigenvalue weighted by Crippen LogP contribution is 2.20. The lowest BCUT2D eigenvalue weighted by atomic mass is 10.2. The Hall–Kier alpha value is -3.25. The Balaban J connectivity index is 2.69. The molecule has 0 unspecified atom stereocenters. The third-order valence-electron chi connectivity index (χ3n) is 3.19. The van der Waals surface area contributed by atoms with Gasteiger partial charge in [-0.1, -0.05) is 0 Å². The first-order chi connectivity index (χ1) is 10.9. The summed E-state index contributed by atoms with van der Waals surface area (Å²) < 4.78 is 2.47. The van der Waals surface area contributed by atoms with Gasteiger partial charge in [-0.25, -0.2) is 11.7 Å². The molecule has 0 saturated carbocycles. The van der Waals surface area contributed by atoms with Crippen molar-refractivity contribution in [2.24, 2.45) is 11.7 Å². The van der Waals surface area contributed by atoms with Crippen molar-refractivity contribution in [1.82, 2.24) is 20.0 Å². The van der Waals surface area contributed by atoms with Crippen molar-refractivity contribution in [2.45, 2.75) is 13.1 Å². The third kappa shape index (κ3) is 3.02. The van der Waals surface area contributed by atoms with Gasteiger partial charge in [0.25, 0.3) is 17.5 Å². The van der Waals surface area contributed by atoms with E-state index in [-0.39, 0.29) is 29.9 Å². The van der Waals surface area contributed by atoms with Gasteiger partial charge < -0.3 is 9.13 Å². The van der Waals surface area contributed by atoms with E-state index in [0.29, 0.717) is 5.52 Å². The first-order valence-corrected chi connectivity index (χ1v) is 6.30. The largest absolute Gasteiger partial charge is 0.301 e. The van der Waals surface area contributed by atoms with Crippen LogP contribution >= 0.6 is 0 Å². The van der Waals surface area contributed by atoms with E-state index < -0.39 is 16.7 Å². The van der Waals surface area contributed by atoms with Crippen LogP contribution < -0.4 is 28.2 Å². The average Bonchev–Trinajstić information content (AvgIpc) is 2.79. The third-order valence-corrected chi connectivity index (χ3v) is 3.19. The lowest BCUT2D eigenvalue weighted by molar-refractivity contribution is -0.384. The minimum absolute atomic E-state index is 0.201. The number of nitro benzene ring substituents is 1. The molecule has 2 amide bonds. The predicted molar refractivity (Wildman–Crippen MR) is 77.1 cm³/mol. The molecule has 1 aromatic heterocycles. The zero-order chi connectivity index (χ0) is 17.1. The standard InChI is InChI=1S/C11H14N8O4/c12-11-17(4-9(20)15-13)7-2-1-6(19(22)23)3-8(7)18(11)5-10(21)16-14/h1-3,12H,4-5,13-14H2,(H,15,20)(H,16,21). The van der Waals surface area contributed by atoms with Gasteiger partial charge in [0.1, 0.15) is 13.1 Å². The smallest absolute Gasteiger partial charge is 0.271 e. The molecule has 1 aromatic carbocycles. The van der Waals surface area contributed by atoms with E-state index in [4.69, 9.17) is 17.1 Å². The molecule has 23 heavy (non-hydrogen) atoms. The van der Waals surface area contributed by atoms with Crippen molar-refractivity contribution in [1.29, 1.82) is 5.41 Å². The van der Waals surface area contributed by atoms with Gasteiger partial charge in [-0.05, 0) is 6.07 Å². The van der Waals surface area contributed by atoms with Gasteiger partial charge in [0.2, 0.25) is 5.62 Å². The summed E-state index contributed by atoms with van der Waals surface area (Å²) in [7, 11) is 0. The van der Waals surface area contributed by atoms with Crippen LogP contribution in [-0.4, -0.2) is 25.9 Å². The second kappa shape index (κ2) is 6.25. The normalized spacial score (nSPS) is 10.5. The van der Waals surface area contributed by atoms with Gasteiger partial charge >= 0.3 is 0 Å². The fourth-order valence-electron chi connectivity index (χ4n) is 2.14. The SMILES string of the molecule is N=c1n(CC(=O)NN)c2ccc([N+](=O)[O-])cc2n1CC(=O)NN. The number of fused-ring (bicyclic) bond motifs is 1. The molecule has 0 fully saturated rings. The molecule has 0 atom stereocenters. The number of non-ortho nitro benzene ring substituents is 1. The highest BCUT2D eigenvalue weighted by molar-refractivity contribution is 5.84. The van der Waals surface area contributed by atoms with Crippen molar-refractivity contribution in [3.8, 4) is 0 Å². The second-order valence-electron chi connectivity index (χ2n) is 4.56. The van der Waals surface area contributed by atoms with Crippen molar-refractivity contribution in [3.05, 3.63) is 33.9 Å². The number of rotatable bonds is 5. The maximum atomic E-state index is 11.5. The lowest BCUT2D eigenvalue weighted by Gasteiger charge is -2.03. The highest BCUT2D eigenvalue weighted by atomic mass is 16.6. The minimum atomic E-state index is -0.600. The number of nitro groups is 1. The molecule has 1 heterocycles. The van der Waals surface area contributed by atoms with E-state index in [1.807, 2.05) is 10.9 Å². The van der Waals surface area contributed by atoms with Crippen LogP contribution in [0.1, 0.15) is 0 Å². The molecular formula is C11H14N8O4. The number of hydrogen-bond donors (Lipinski definition) is 5. The maximum Gasteiger partial charge on any atom is 0.271 e. The Bertz CT molecular complexity index is 852. The monoisotopic (exact) mass is 322 g/mol. The van der Waals surface area contributed by atoms with Crippen LogP contribution in [0.15, 0.2) is 18.2 Å². The van der Waals surface area contributed by atoms with Crippen LogP contribution in [0.4, 0.5) is 5.69 Å². The van der Waals surface area contributed by atoms with Crippen molar-refractivity contribution in [3.63, 3.8) is 0 Å². The number of hydrazine groups is 2. The number of nitrogens with one attached hydrogen (secondary N) is 3. The summed E-state index contributed by atoms with van der Waals surface area (Å²) >= 11 is 0. The summed E-state index contributed by atoms with van der Waals surface area (Å²) in [5, 5.41) is 19.0. The number of benzene rings is 1. The summed E-state index contributed by atoms with van der Waals surface area (Å²) in [6.07, 6.45) is 0. The summed E-state index contributed by atoms with van der Waals surface area (Å²) in [6.45, 7) is -0.606. The highest BCUT2D eigenvalue weighted by Gasteiger charge is 2.18. The topological polar surface area (TPSA) is 187 Å². The van der Waals surface area contributed by atoms with Gasteiger partial charge in [-0.2, -0.15) is 0 Å². The molecule has 0 aliphatic carbocycles. The van der Waals surface area contributed by atoms with E-state index >= 15 is 0 Å². The Morgan fingerprint density at radius 2 is 1.65 bits per heavy atom. The molecule has 12 nitrogen and oxygen atoms in total. The Labute approximate surface area is 128 Å². The first-order valence-electron chi connectivity index (χ1n) is 6.30. The number of aromatic nitrogens is 2. The van der Waals surface area contributed by atoms with Crippen LogP contribution in [0.2, 0.25) is 0 Å². The van der Waals surface area contributed by atoms with Crippen molar-refractivity contribution >= 4 is 28.5 Å². The molecule has 12 heteroatoms. The minimum Gasteiger partial charge on any atom is -0.301 e. The van der Waals surface area contributed by atoms with Crippen LogP contribution in [0.5, 0.6) is 0 Å². The number of nitrogens with two attached hydrogens (primary N) is 2. The number of imidazole rings is 1. The zero-order valence-electron chi connectivity index (χ0n) is 11.8. The number of amides is 2. The Kier molecular flexibility index (Phi) is 4.38. The van der Waals surface area contributed by atoms with Crippen LogP contribution in [-0.2, 0) is 22.7 Å². The number of carbonyl (C=O) groups is 2. The molecule has 0 radical (unpaired) electrons. The van der Waals surface area contributed by atoms with Gasteiger partial charge in [-0.3, -0.25) is 36.0 Å². The molecule has 0 bridgehead atoms. The van der Waals surface area contributed by atoms with E-state index in [0.717, 1.165) is 0 Å². The molecule has 2 aromatic rings. The molecule has 0 saturated heterocycles. The fraction of sp³-hybridized carbons (Fsp3) is 0.182. The van der Waals surface area contributed by atoms with E-state index in [2.05, 4.69) is 0 Å². The van der Waals surface area contributed by atoms with Gasteiger partial charge in [0.05, 0.1) is 16.0 Å². The predicted octanol–water partition coefficient (Wildman–Crippen LogP) is -2.19. The lowest BCUT2D eigenvalue weighted by Crippen LogP contribution is -2.39. The zero-order valence-corrected chi connectivity index (χ0v) is 11.8. The molecule has 0 aliphatic rings. The van der Waals surface area contributed by atoms with Gasteiger partial charge in [0.15, 0.2) is 0 Å². The summed E-state index contributed by atoms with van der Waals surface area (Å²) in [6, 6.07) is 3.85. The van der Waals surface area contributed by atoms with Crippen LogP contribution in [0, 0.1) is 15.5 Å². The van der Waals surface area contributed by atoms with Gasteiger partial charge in [0, 0.05) is 12.1 Å². The van der Waals surface area contributed by atoms with E-state index in [1.54, 1.807) is 0 Å². The average molecular weight is 322 g/mol. The molecule has 0 spiro atoms. The van der Waals surface area contributed by atoms with Crippen molar-refractivity contribution < 1.29 is 14.5 Å². The number of carbonyl (C=O) groups excluding carboxylic acids is 2. The van der Waals surface area contributed by atoms with Crippen molar-refractivity contribution in [2.75, 3.05) is 0 Å². The van der Waals surface area contributed by atoms with Crippen LogP contribution in [0.25, 0.3) is 11.0 Å². The molecule has 0 aliphatic heterocycles. The number of hydrogen-bond acceptors (Lipinski definition) is 7. The summed E-state index contributed by atoms with van der Waals surface area (Å²) in [5.41, 5.74) is 4.06. The second-order valence-corrected chi connectivity index (χ2v) is 4.56. The molecule has 7 N–H and O–H groups in total. The molecular weight excluding hydrogens is 308 g/mol. The molecule has 2 rings (SSSR count).